The van der Waals surface area contributed by atoms with Crippen LogP contribution in [0.25, 0.3) is 22.2 Å². The summed E-state index contributed by atoms with van der Waals surface area (Å²) in [6.07, 6.45) is 4.70. The number of fused-ring (bicyclic) bond motifs is 3. The summed E-state index contributed by atoms with van der Waals surface area (Å²) in [7, 11) is 0. The number of phenols is 1. The Morgan fingerprint density at radius 2 is 1.93 bits per heavy atom. The molecule has 1 aliphatic carbocycles. The van der Waals surface area contributed by atoms with Crippen LogP contribution < -0.4 is 5.73 Å². The Labute approximate surface area is 237 Å². The SMILES string of the molecule is CC1O[C@H]2[C@@H](O)[C@H](n3cnc4c(N)ncnc43)O[C@@H]2CN1[C@H]1C[C@H](CCc2nc3c(O)c(C(C)(C)C)ccc3[nH]2)C1. The number of imidazole rings is 2. The number of H-pyrrole nitrogens is 1. The van der Waals surface area contributed by atoms with Crippen molar-refractivity contribution >= 4 is 28.0 Å². The number of nitrogens with one attached hydrogen (secondary N) is 1. The number of anilines is 1. The summed E-state index contributed by atoms with van der Waals surface area (Å²) in [6, 6.07) is 4.41. The van der Waals surface area contributed by atoms with Gasteiger partial charge in [0.1, 0.15) is 53.5 Å². The third kappa shape index (κ3) is 4.44. The number of nitrogen functional groups attached to an aromatic ring is 1. The molecule has 0 amide bonds. The van der Waals surface area contributed by atoms with Crippen molar-refractivity contribution in [1.82, 2.24) is 34.4 Å². The molecule has 12 nitrogen and oxygen atoms in total. The zero-order valence-electron chi connectivity index (χ0n) is 23.9. The van der Waals surface area contributed by atoms with Crippen LogP contribution in [-0.4, -0.2) is 81.7 Å². The van der Waals surface area contributed by atoms with Gasteiger partial charge in [0, 0.05) is 24.6 Å². The monoisotopic (exact) mass is 562 g/mol. The Morgan fingerprint density at radius 3 is 2.71 bits per heavy atom. The van der Waals surface area contributed by atoms with E-state index >= 15 is 0 Å². The molecular formula is C29H38N8O4. The van der Waals surface area contributed by atoms with E-state index in [1.807, 2.05) is 12.1 Å². The van der Waals surface area contributed by atoms with Crippen molar-refractivity contribution in [1.29, 1.82) is 0 Å². The fourth-order valence-electron chi connectivity index (χ4n) is 6.81. The van der Waals surface area contributed by atoms with E-state index in [4.69, 9.17) is 20.2 Å². The summed E-state index contributed by atoms with van der Waals surface area (Å²) in [6.45, 7) is 9.03. The van der Waals surface area contributed by atoms with Gasteiger partial charge in [-0.15, -0.1) is 0 Å². The van der Waals surface area contributed by atoms with E-state index < -0.39 is 18.4 Å². The third-order valence-corrected chi connectivity index (χ3v) is 9.14. The Morgan fingerprint density at radius 1 is 1.12 bits per heavy atom. The first kappa shape index (κ1) is 26.6. The summed E-state index contributed by atoms with van der Waals surface area (Å²) in [4.78, 5) is 23.1. The number of phenolic OH excluding ortho intramolecular Hbond substituents is 1. The van der Waals surface area contributed by atoms with Crippen LogP contribution in [0.15, 0.2) is 24.8 Å². The van der Waals surface area contributed by atoms with Gasteiger partial charge in [-0.1, -0.05) is 26.8 Å². The number of ether oxygens (including phenoxy) is 2. The van der Waals surface area contributed by atoms with Crippen LogP contribution in [0, 0.1) is 5.92 Å². The lowest BCUT2D eigenvalue weighted by atomic mass is 9.76. The topological polar surface area (TPSA) is 160 Å². The molecule has 5 atom stereocenters. The molecule has 3 fully saturated rings. The quantitative estimate of drug-likeness (QED) is 0.285. The second kappa shape index (κ2) is 9.62. The smallest absolute Gasteiger partial charge is 0.167 e. The maximum absolute atomic E-state index is 11.1. The lowest BCUT2D eigenvalue weighted by Gasteiger charge is -2.49. The van der Waals surface area contributed by atoms with E-state index in [1.54, 1.807) is 10.9 Å². The van der Waals surface area contributed by atoms with Crippen LogP contribution >= 0.6 is 0 Å². The number of aliphatic hydroxyl groups excluding tert-OH is 1. The first-order valence-electron chi connectivity index (χ1n) is 14.5. The average molecular weight is 563 g/mol. The molecule has 12 heteroatoms. The van der Waals surface area contributed by atoms with Gasteiger partial charge in [-0.25, -0.2) is 19.9 Å². The maximum atomic E-state index is 11.1. The number of aryl methyl sites for hydroxylation is 1. The number of hydrogen-bond donors (Lipinski definition) is 4. The molecule has 1 saturated carbocycles. The summed E-state index contributed by atoms with van der Waals surface area (Å²) in [5.74, 6) is 2.09. The molecule has 0 spiro atoms. The molecule has 7 rings (SSSR count). The summed E-state index contributed by atoms with van der Waals surface area (Å²) in [5.41, 5.74) is 9.26. The van der Waals surface area contributed by atoms with Crippen molar-refractivity contribution in [3.8, 4) is 5.75 Å². The Kier molecular flexibility index (Phi) is 6.23. The molecule has 1 aromatic carbocycles. The molecule has 4 aromatic rings. The number of aromatic hydroxyl groups is 1. The fourth-order valence-corrected chi connectivity index (χ4v) is 6.81. The predicted octanol–water partition coefficient (Wildman–Crippen LogP) is 3.00. The van der Waals surface area contributed by atoms with Crippen molar-refractivity contribution in [2.45, 2.75) is 95.6 Å². The van der Waals surface area contributed by atoms with Gasteiger partial charge in [0.05, 0.1) is 11.8 Å². The number of hydrogen-bond acceptors (Lipinski definition) is 10. The van der Waals surface area contributed by atoms with Crippen molar-refractivity contribution < 1.29 is 19.7 Å². The van der Waals surface area contributed by atoms with Crippen LogP contribution in [-0.2, 0) is 21.3 Å². The first-order valence-corrected chi connectivity index (χ1v) is 14.5. The summed E-state index contributed by atoms with van der Waals surface area (Å²) in [5, 5.41) is 21.9. The van der Waals surface area contributed by atoms with Gasteiger partial charge < -0.3 is 30.4 Å². The number of nitrogens with zero attached hydrogens (tertiary/aromatic N) is 6. The molecule has 3 aromatic heterocycles. The first-order chi connectivity index (χ1) is 19.6. The van der Waals surface area contributed by atoms with Gasteiger partial charge in [-0.3, -0.25) is 9.47 Å². The van der Waals surface area contributed by atoms with Crippen LogP contribution in [0.3, 0.4) is 0 Å². The van der Waals surface area contributed by atoms with Gasteiger partial charge in [-0.2, -0.15) is 0 Å². The average Bonchev–Trinajstić information content (AvgIpc) is 3.59. The second-order valence-electron chi connectivity index (χ2n) is 12.9. The summed E-state index contributed by atoms with van der Waals surface area (Å²) >= 11 is 0. The Hall–Kier alpha value is -3.32. The van der Waals surface area contributed by atoms with Crippen LogP contribution in [0.2, 0.25) is 0 Å². The standard InChI is InChI=1S/C29H38N8O4/c1-14-36(11-19-25(40-14)24(39)28(41-19)37-13-33-22-26(30)31-12-32-27(22)37)16-9-15(10-16)5-8-20-34-18-7-6-17(29(2,3)4)23(38)21(18)35-20/h6-7,12-16,19,24-25,28,38-39H,5,8-11H2,1-4H3,(H,34,35)(H2,30,31,32)/t14?,15-,16-,19-,24-,25-,28-/m1/s1. The predicted molar refractivity (Wildman–Crippen MR) is 152 cm³/mol. The number of benzene rings is 1. The molecule has 0 radical (unpaired) electrons. The molecule has 0 bridgehead atoms. The van der Waals surface area contributed by atoms with Crippen molar-refractivity contribution in [3.05, 3.63) is 36.2 Å². The van der Waals surface area contributed by atoms with Crippen molar-refractivity contribution in [2.75, 3.05) is 12.3 Å². The van der Waals surface area contributed by atoms with Gasteiger partial charge >= 0.3 is 0 Å². The molecule has 2 aliphatic heterocycles. The number of rotatable bonds is 5. The van der Waals surface area contributed by atoms with Crippen LogP contribution in [0.4, 0.5) is 5.82 Å². The minimum absolute atomic E-state index is 0.118. The number of aromatic nitrogens is 6. The number of aromatic amines is 1. The van der Waals surface area contributed by atoms with Gasteiger partial charge in [0.2, 0.25) is 0 Å². The Bertz CT molecular complexity index is 1590. The molecule has 41 heavy (non-hydrogen) atoms. The highest BCUT2D eigenvalue weighted by atomic mass is 16.6. The van der Waals surface area contributed by atoms with E-state index in [0.29, 0.717) is 41.0 Å². The van der Waals surface area contributed by atoms with E-state index in [1.165, 1.54) is 6.33 Å². The number of aliphatic hydroxyl groups is 1. The van der Waals surface area contributed by atoms with Gasteiger partial charge in [0.15, 0.2) is 17.7 Å². The lowest BCUT2D eigenvalue weighted by molar-refractivity contribution is -0.199. The van der Waals surface area contributed by atoms with Crippen molar-refractivity contribution in [2.24, 2.45) is 5.92 Å². The normalized spacial score (nSPS) is 30.6. The highest BCUT2D eigenvalue weighted by molar-refractivity contribution is 5.83. The van der Waals surface area contributed by atoms with Crippen LogP contribution in [0.1, 0.15) is 64.6 Å². The van der Waals surface area contributed by atoms with Gasteiger partial charge in [0.25, 0.3) is 0 Å². The molecule has 2 saturated heterocycles. The maximum Gasteiger partial charge on any atom is 0.167 e. The van der Waals surface area contributed by atoms with Gasteiger partial charge in [-0.05, 0) is 43.6 Å². The molecule has 5 heterocycles. The zero-order valence-corrected chi connectivity index (χ0v) is 23.9. The highest BCUT2D eigenvalue weighted by Gasteiger charge is 2.52. The molecule has 5 N–H and O–H groups in total. The molecule has 3 aliphatic rings. The minimum atomic E-state index is -0.852. The number of nitrogens with two attached hydrogens (primary N) is 1. The van der Waals surface area contributed by atoms with E-state index in [0.717, 1.165) is 42.6 Å². The third-order valence-electron chi connectivity index (χ3n) is 9.14. The Balaban J connectivity index is 0.967. The molecule has 218 valence electrons. The van der Waals surface area contributed by atoms with Crippen LogP contribution in [0.5, 0.6) is 5.75 Å². The lowest BCUT2D eigenvalue weighted by Crippen LogP contribution is -2.59. The largest absolute Gasteiger partial charge is 0.505 e. The molecule has 1 unspecified atom stereocenters. The van der Waals surface area contributed by atoms with E-state index in [9.17, 15) is 10.2 Å². The van der Waals surface area contributed by atoms with Crippen molar-refractivity contribution in [3.63, 3.8) is 0 Å². The molecular weight excluding hydrogens is 524 g/mol. The zero-order chi connectivity index (χ0) is 28.6. The van der Waals surface area contributed by atoms with E-state index in [2.05, 4.69) is 52.5 Å². The second-order valence-corrected chi connectivity index (χ2v) is 12.9. The fraction of sp³-hybridized carbons (Fsp3) is 0.586. The van der Waals surface area contributed by atoms with E-state index in [-0.39, 0.29) is 23.5 Å². The summed E-state index contributed by atoms with van der Waals surface area (Å²) < 4.78 is 14.4. The minimum Gasteiger partial charge on any atom is -0.505 e. The highest BCUT2D eigenvalue weighted by Crippen LogP contribution is 2.42.